The molecule has 1 fully saturated rings. The predicted molar refractivity (Wildman–Crippen MR) is 74.8 cm³/mol. The topological polar surface area (TPSA) is 44.7 Å². The van der Waals surface area contributed by atoms with Gasteiger partial charge in [0, 0.05) is 32.8 Å². The van der Waals surface area contributed by atoms with Crippen molar-refractivity contribution < 1.29 is 9.84 Å². The Balaban J connectivity index is 2.56. The average molecular weight is 258 g/mol. The molecular formula is C14H30N2O2. The molecule has 4 heteroatoms. The molecule has 18 heavy (non-hydrogen) atoms. The van der Waals surface area contributed by atoms with Crippen LogP contribution in [-0.4, -0.2) is 62.6 Å². The zero-order valence-electron chi connectivity index (χ0n) is 12.1. The number of nitrogens with one attached hydrogen (secondary N) is 1. The van der Waals surface area contributed by atoms with Crippen LogP contribution in [0.2, 0.25) is 0 Å². The highest BCUT2D eigenvalue weighted by molar-refractivity contribution is 4.87. The first-order valence-corrected chi connectivity index (χ1v) is 7.38. The van der Waals surface area contributed by atoms with E-state index in [1.165, 1.54) is 0 Å². The zero-order chi connectivity index (χ0) is 13.3. The fourth-order valence-corrected chi connectivity index (χ4v) is 2.79. The first-order valence-electron chi connectivity index (χ1n) is 7.38. The van der Waals surface area contributed by atoms with Crippen molar-refractivity contribution in [2.75, 3.05) is 52.5 Å². The molecule has 1 rings (SSSR count). The molecule has 1 aliphatic heterocycles. The van der Waals surface area contributed by atoms with Crippen LogP contribution in [-0.2, 0) is 4.74 Å². The van der Waals surface area contributed by atoms with Gasteiger partial charge in [-0.05, 0) is 37.8 Å². The van der Waals surface area contributed by atoms with E-state index in [1.54, 1.807) is 0 Å². The first kappa shape index (κ1) is 15.9. The maximum atomic E-state index is 9.17. The predicted octanol–water partition coefficient (Wildman–Crippen LogP) is 1.10. The highest BCUT2D eigenvalue weighted by atomic mass is 16.5. The molecule has 0 aromatic rings. The third-order valence-electron chi connectivity index (χ3n) is 3.82. The second kappa shape index (κ2) is 8.86. The second-order valence-corrected chi connectivity index (χ2v) is 5.39. The van der Waals surface area contributed by atoms with E-state index in [2.05, 4.69) is 24.1 Å². The summed E-state index contributed by atoms with van der Waals surface area (Å²) >= 11 is 0. The van der Waals surface area contributed by atoms with Crippen LogP contribution in [0.4, 0.5) is 0 Å². The summed E-state index contributed by atoms with van der Waals surface area (Å²) in [5.74, 6) is 0. The highest BCUT2D eigenvalue weighted by Gasteiger charge is 2.33. The number of hydrogen-bond donors (Lipinski definition) is 2. The van der Waals surface area contributed by atoms with E-state index in [9.17, 15) is 5.11 Å². The Hall–Kier alpha value is -0.160. The monoisotopic (exact) mass is 258 g/mol. The summed E-state index contributed by atoms with van der Waals surface area (Å²) < 4.78 is 5.51. The Morgan fingerprint density at radius 1 is 1.22 bits per heavy atom. The van der Waals surface area contributed by atoms with Gasteiger partial charge in [0.05, 0.1) is 6.61 Å². The molecule has 4 nitrogen and oxygen atoms in total. The lowest BCUT2D eigenvalue weighted by molar-refractivity contribution is -0.00625. The molecule has 0 atom stereocenters. The van der Waals surface area contributed by atoms with E-state index >= 15 is 0 Å². The summed E-state index contributed by atoms with van der Waals surface area (Å²) in [7, 11) is 0. The standard InChI is InChI=1S/C14H30N2O2/c1-3-7-16(8-9-17)13-14(12-15-4-2)5-10-18-11-6-14/h15,17H,3-13H2,1-2H3. The zero-order valence-corrected chi connectivity index (χ0v) is 12.1. The minimum Gasteiger partial charge on any atom is -0.395 e. The van der Waals surface area contributed by atoms with Gasteiger partial charge in [0.25, 0.3) is 0 Å². The number of rotatable bonds is 9. The number of hydrogen-bond acceptors (Lipinski definition) is 4. The molecule has 108 valence electrons. The Morgan fingerprint density at radius 3 is 2.50 bits per heavy atom. The maximum absolute atomic E-state index is 9.17. The van der Waals surface area contributed by atoms with Gasteiger partial charge in [-0.1, -0.05) is 13.8 Å². The molecule has 0 amide bonds. The Bertz CT molecular complexity index is 200. The van der Waals surface area contributed by atoms with Crippen molar-refractivity contribution >= 4 is 0 Å². The van der Waals surface area contributed by atoms with Crippen molar-refractivity contribution in [3.05, 3.63) is 0 Å². The fraction of sp³-hybridized carbons (Fsp3) is 1.00. The van der Waals surface area contributed by atoms with Crippen molar-refractivity contribution in [3.8, 4) is 0 Å². The molecule has 1 heterocycles. The van der Waals surface area contributed by atoms with Crippen LogP contribution in [0.5, 0.6) is 0 Å². The van der Waals surface area contributed by atoms with Gasteiger partial charge in [-0.2, -0.15) is 0 Å². The van der Waals surface area contributed by atoms with Gasteiger partial charge in [-0.15, -0.1) is 0 Å². The van der Waals surface area contributed by atoms with Gasteiger partial charge in [0.1, 0.15) is 0 Å². The molecule has 0 radical (unpaired) electrons. The summed E-state index contributed by atoms with van der Waals surface area (Å²) in [6.07, 6.45) is 3.41. The van der Waals surface area contributed by atoms with Crippen molar-refractivity contribution in [2.24, 2.45) is 5.41 Å². The van der Waals surface area contributed by atoms with Crippen molar-refractivity contribution in [2.45, 2.75) is 33.1 Å². The largest absolute Gasteiger partial charge is 0.395 e. The van der Waals surface area contributed by atoms with Crippen LogP contribution in [0.3, 0.4) is 0 Å². The van der Waals surface area contributed by atoms with E-state index in [-0.39, 0.29) is 6.61 Å². The summed E-state index contributed by atoms with van der Waals surface area (Å²) in [6, 6.07) is 0. The Morgan fingerprint density at radius 2 is 1.94 bits per heavy atom. The first-order chi connectivity index (χ1) is 8.76. The second-order valence-electron chi connectivity index (χ2n) is 5.39. The minimum atomic E-state index is 0.258. The Kier molecular flexibility index (Phi) is 7.82. The smallest absolute Gasteiger partial charge is 0.0558 e. The van der Waals surface area contributed by atoms with Crippen molar-refractivity contribution in [1.82, 2.24) is 10.2 Å². The lowest BCUT2D eigenvalue weighted by atomic mass is 9.79. The van der Waals surface area contributed by atoms with Gasteiger partial charge in [-0.3, -0.25) is 0 Å². The molecule has 1 aliphatic rings. The van der Waals surface area contributed by atoms with Crippen LogP contribution < -0.4 is 5.32 Å². The highest BCUT2D eigenvalue weighted by Crippen LogP contribution is 2.31. The summed E-state index contributed by atoms with van der Waals surface area (Å²) in [5, 5.41) is 12.7. The van der Waals surface area contributed by atoms with E-state index in [1.807, 2.05) is 0 Å². The number of aliphatic hydroxyl groups is 1. The molecule has 2 N–H and O–H groups in total. The third-order valence-corrected chi connectivity index (χ3v) is 3.82. The molecule has 1 saturated heterocycles. The summed E-state index contributed by atoms with van der Waals surface area (Å²) in [5.41, 5.74) is 0.332. The third kappa shape index (κ3) is 5.22. The summed E-state index contributed by atoms with van der Waals surface area (Å²) in [6.45, 7) is 11.4. The average Bonchev–Trinajstić information content (AvgIpc) is 2.38. The van der Waals surface area contributed by atoms with Crippen LogP contribution in [0.1, 0.15) is 33.1 Å². The molecule has 0 aliphatic carbocycles. The van der Waals surface area contributed by atoms with Crippen LogP contribution in [0, 0.1) is 5.41 Å². The number of ether oxygens (including phenoxy) is 1. The number of aliphatic hydroxyl groups excluding tert-OH is 1. The Labute approximate surface area is 112 Å². The van der Waals surface area contributed by atoms with Crippen molar-refractivity contribution in [1.29, 1.82) is 0 Å². The number of nitrogens with zero attached hydrogens (tertiary/aromatic N) is 1. The minimum absolute atomic E-state index is 0.258. The molecule has 0 saturated carbocycles. The van der Waals surface area contributed by atoms with E-state index in [0.29, 0.717) is 5.41 Å². The molecular weight excluding hydrogens is 228 g/mol. The maximum Gasteiger partial charge on any atom is 0.0558 e. The van der Waals surface area contributed by atoms with Gasteiger partial charge in [-0.25, -0.2) is 0 Å². The van der Waals surface area contributed by atoms with Crippen LogP contribution >= 0.6 is 0 Å². The normalized spacial score (nSPS) is 19.3. The quantitative estimate of drug-likeness (QED) is 0.650. The van der Waals surface area contributed by atoms with Gasteiger partial charge in [0.2, 0.25) is 0 Å². The van der Waals surface area contributed by atoms with E-state index in [0.717, 1.165) is 65.2 Å². The molecule has 0 aromatic carbocycles. The molecule has 0 aromatic heterocycles. The van der Waals surface area contributed by atoms with Crippen LogP contribution in [0.15, 0.2) is 0 Å². The van der Waals surface area contributed by atoms with E-state index in [4.69, 9.17) is 4.74 Å². The molecule has 0 bridgehead atoms. The van der Waals surface area contributed by atoms with Gasteiger partial charge in [0.15, 0.2) is 0 Å². The fourth-order valence-electron chi connectivity index (χ4n) is 2.79. The lowest BCUT2D eigenvalue weighted by Gasteiger charge is -2.41. The van der Waals surface area contributed by atoms with Gasteiger partial charge >= 0.3 is 0 Å². The SMILES string of the molecule is CCCN(CCO)CC1(CNCC)CCOCC1. The molecule has 0 unspecified atom stereocenters. The van der Waals surface area contributed by atoms with Crippen LogP contribution in [0.25, 0.3) is 0 Å². The molecule has 0 spiro atoms. The van der Waals surface area contributed by atoms with Gasteiger partial charge < -0.3 is 20.1 Å². The lowest BCUT2D eigenvalue weighted by Crippen LogP contribution is -2.48. The van der Waals surface area contributed by atoms with Crippen molar-refractivity contribution in [3.63, 3.8) is 0 Å². The summed E-state index contributed by atoms with van der Waals surface area (Å²) in [4.78, 5) is 2.41. The van der Waals surface area contributed by atoms with E-state index < -0.39 is 0 Å².